The van der Waals surface area contributed by atoms with Crippen LogP contribution in [-0.4, -0.2) is 9.97 Å². The second kappa shape index (κ2) is 5.19. The van der Waals surface area contributed by atoms with Crippen LogP contribution in [0.25, 0.3) is 0 Å². The summed E-state index contributed by atoms with van der Waals surface area (Å²) < 4.78 is 0. The van der Waals surface area contributed by atoms with E-state index in [1.165, 1.54) is 17.3 Å². The molecule has 17 heavy (non-hydrogen) atoms. The highest BCUT2D eigenvalue weighted by molar-refractivity contribution is 7.99. The van der Waals surface area contributed by atoms with Crippen molar-refractivity contribution in [1.29, 1.82) is 0 Å². The van der Waals surface area contributed by atoms with Crippen molar-refractivity contribution in [3.8, 4) is 0 Å². The maximum Gasteiger partial charge on any atom is 0.156 e. The van der Waals surface area contributed by atoms with Crippen LogP contribution in [0, 0.1) is 0 Å². The van der Waals surface area contributed by atoms with Crippen LogP contribution in [0.5, 0.6) is 0 Å². The fourth-order valence-corrected chi connectivity index (χ4v) is 2.21. The van der Waals surface area contributed by atoms with Gasteiger partial charge in [0.1, 0.15) is 5.03 Å². The van der Waals surface area contributed by atoms with Crippen LogP contribution in [0.1, 0.15) is 25.3 Å². The minimum absolute atomic E-state index is 0.477. The number of rotatable bonds is 3. The lowest BCUT2D eigenvalue weighted by Gasteiger charge is -2.06. The zero-order valence-electron chi connectivity index (χ0n) is 9.92. The van der Waals surface area contributed by atoms with Crippen molar-refractivity contribution in [2.75, 3.05) is 5.73 Å². The average molecular weight is 245 g/mol. The molecule has 0 atom stereocenters. The zero-order chi connectivity index (χ0) is 12.3. The highest BCUT2D eigenvalue weighted by atomic mass is 32.2. The molecule has 4 heteroatoms. The summed E-state index contributed by atoms with van der Waals surface area (Å²) >= 11 is 1.54. The smallest absolute Gasteiger partial charge is 0.156 e. The molecule has 3 nitrogen and oxygen atoms in total. The molecule has 2 N–H and O–H groups in total. The van der Waals surface area contributed by atoms with Gasteiger partial charge >= 0.3 is 0 Å². The number of aromatic nitrogens is 2. The van der Waals surface area contributed by atoms with Gasteiger partial charge in [-0.05, 0) is 23.6 Å². The lowest BCUT2D eigenvalue weighted by molar-refractivity contribution is 0.865. The molecule has 0 aliphatic rings. The fourth-order valence-electron chi connectivity index (χ4n) is 1.45. The van der Waals surface area contributed by atoms with Gasteiger partial charge in [0.05, 0.1) is 0 Å². The minimum atomic E-state index is 0.477. The van der Waals surface area contributed by atoms with Crippen molar-refractivity contribution in [2.24, 2.45) is 0 Å². The Morgan fingerprint density at radius 3 is 2.29 bits per heavy atom. The maximum atomic E-state index is 5.75. The number of nitrogens with zero attached hydrogens (tertiary/aromatic N) is 2. The van der Waals surface area contributed by atoms with E-state index in [-0.39, 0.29) is 0 Å². The summed E-state index contributed by atoms with van der Waals surface area (Å²) in [6, 6.07) is 8.46. The fraction of sp³-hybridized carbons (Fsp3) is 0.231. The molecule has 2 rings (SSSR count). The van der Waals surface area contributed by atoms with Crippen molar-refractivity contribution in [3.05, 3.63) is 42.2 Å². The number of anilines is 1. The van der Waals surface area contributed by atoms with Gasteiger partial charge in [0.15, 0.2) is 5.82 Å². The predicted molar refractivity (Wildman–Crippen MR) is 71.1 cm³/mol. The maximum absolute atomic E-state index is 5.75. The number of hydrogen-bond donors (Lipinski definition) is 1. The first-order valence-corrected chi connectivity index (χ1v) is 6.33. The van der Waals surface area contributed by atoms with Gasteiger partial charge in [-0.1, -0.05) is 37.7 Å². The summed E-state index contributed by atoms with van der Waals surface area (Å²) in [4.78, 5) is 9.35. The molecule has 1 heterocycles. The molecule has 0 unspecified atom stereocenters. The molecular weight excluding hydrogens is 230 g/mol. The first-order chi connectivity index (χ1) is 8.16. The highest BCUT2D eigenvalue weighted by Gasteiger charge is 2.04. The Bertz CT molecular complexity index is 494. The minimum Gasteiger partial charge on any atom is -0.381 e. The van der Waals surface area contributed by atoms with Gasteiger partial charge in [0, 0.05) is 17.3 Å². The molecule has 0 fully saturated rings. The summed E-state index contributed by atoms with van der Waals surface area (Å²) in [5.74, 6) is 1.03. The molecular formula is C13H15N3S. The van der Waals surface area contributed by atoms with Crippen LogP contribution in [0.2, 0.25) is 0 Å². The summed E-state index contributed by atoms with van der Waals surface area (Å²) in [5.41, 5.74) is 7.09. The molecule has 0 saturated carbocycles. The predicted octanol–water partition coefficient (Wildman–Crippen LogP) is 3.33. The Labute approximate surface area is 105 Å². The summed E-state index contributed by atoms with van der Waals surface area (Å²) in [7, 11) is 0. The number of benzene rings is 1. The molecule has 0 amide bonds. The highest BCUT2D eigenvalue weighted by Crippen LogP contribution is 2.29. The molecule has 0 bridgehead atoms. The van der Waals surface area contributed by atoms with Gasteiger partial charge in [0.25, 0.3) is 0 Å². The number of nitrogen functional groups attached to an aromatic ring is 1. The van der Waals surface area contributed by atoms with Gasteiger partial charge in [-0.25, -0.2) is 9.97 Å². The molecule has 0 radical (unpaired) electrons. The number of nitrogens with two attached hydrogens (primary N) is 1. The van der Waals surface area contributed by atoms with Crippen LogP contribution >= 0.6 is 11.8 Å². The molecule has 88 valence electrons. The molecule has 0 saturated heterocycles. The first kappa shape index (κ1) is 11.9. The molecule has 1 aromatic heterocycles. The second-order valence-electron chi connectivity index (χ2n) is 4.07. The summed E-state index contributed by atoms with van der Waals surface area (Å²) in [5, 5.41) is 0.754. The monoisotopic (exact) mass is 245 g/mol. The van der Waals surface area contributed by atoms with E-state index in [0.29, 0.717) is 11.7 Å². The quantitative estimate of drug-likeness (QED) is 0.901. The van der Waals surface area contributed by atoms with E-state index in [1.807, 2.05) is 0 Å². The van der Waals surface area contributed by atoms with Crippen molar-refractivity contribution >= 4 is 17.6 Å². The molecule has 1 aromatic carbocycles. The third-order valence-electron chi connectivity index (χ3n) is 2.45. The van der Waals surface area contributed by atoms with E-state index < -0.39 is 0 Å². The molecule has 0 spiro atoms. The third kappa shape index (κ3) is 2.97. The Hall–Kier alpha value is -1.55. The Morgan fingerprint density at radius 1 is 1.06 bits per heavy atom. The number of hydrogen-bond acceptors (Lipinski definition) is 4. The molecule has 0 aliphatic carbocycles. The molecule has 2 aromatic rings. The van der Waals surface area contributed by atoms with Crippen LogP contribution in [0.15, 0.2) is 46.6 Å². The topological polar surface area (TPSA) is 51.8 Å². The standard InChI is InChI=1S/C13H15N3S/c1-9(2)10-3-5-11(6-4-10)17-13-12(14)15-7-8-16-13/h3-9H,1-2H3,(H2,14,15). The SMILES string of the molecule is CC(C)c1ccc(Sc2nccnc2N)cc1. The third-order valence-corrected chi connectivity index (χ3v) is 3.47. The van der Waals surface area contributed by atoms with E-state index in [9.17, 15) is 0 Å². The van der Waals surface area contributed by atoms with Crippen molar-refractivity contribution in [1.82, 2.24) is 9.97 Å². The Kier molecular flexibility index (Phi) is 3.64. The zero-order valence-corrected chi connectivity index (χ0v) is 10.7. The average Bonchev–Trinajstić information content (AvgIpc) is 2.33. The van der Waals surface area contributed by atoms with E-state index in [4.69, 9.17) is 5.73 Å². The Balaban J connectivity index is 2.17. The van der Waals surface area contributed by atoms with Crippen LogP contribution in [0.3, 0.4) is 0 Å². The van der Waals surface area contributed by atoms with Crippen LogP contribution < -0.4 is 5.73 Å². The molecule has 0 aliphatic heterocycles. The summed E-state index contributed by atoms with van der Waals surface area (Å²) in [6.07, 6.45) is 3.25. The normalized spacial score (nSPS) is 10.8. The van der Waals surface area contributed by atoms with Gasteiger partial charge in [-0.15, -0.1) is 0 Å². The second-order valence-corrected chi connectivity index (χ2v) is 5.13. The first-order valence-electron chi connectivity index (χ1n) is 5.51. The van der Waals surface area contributed by atoms with E-state index in [2.05, 4.69) is 48.1 Å². The lowest BCUT2D eigenvalue weighted by Crippen LogP contribution is -1.94. The van der Waals surface area contributed by atoms with Crippen LogP contribution in [0.4, 0.5) is 5.82 Å². The van der Waals surface area contributed by atoms with E-state index >= 15 is 0 Å². The largest absolute Gasteiger partial charge is 0.381 e. The van der Waals surface area contributed by atoms with E-state index in [0.717, 1.165) is 9.92 Å². The van der Waals surface area contributed by atoms with Crippen molar-refractivity contribution in [2.45, 2.75) is 29.7 Å². The lowest BCUT2D eigenvalue weighted by atomic mass is 10.0. The van der Waals surface area contributed by atoms with Gasteiger partial charge in [-0.2, -0.15) is 0 Å². The van der Waals surface area contributed by atoms with Crippen molar-refractivity contribution in [3.63, 3.8) is 0 Å². The van der Waals surface area contributed by atoms with Crippen molar-refractivity contribution < 1.29 is 0 Å². The van der Waals surface area contributed by atoms with Gasteiger partial charge < -0.3 is 5.73 Å². The van der Waals surface area contributed by atoms with E-state index in [1.54, 1.807) is 12.4 Å². The summed E-state index contributed by atoms with van der Waals surface area (Å²) in [6.45, 7) is 4.37. The van der Waals surface area contributed by atoms with Crippen LogP contribution in [-0.2, 0) is 0 Å². The van der Waals surface area contributed by atoms with Gasteiger partial charge in [0.2, 0.25) is 0 Å². The Morgan fingerprint density at radius 2 is 1.71 bits per heavy atom. The van der Waals surface area contributed by atoms with Gasteiger partial charge in [-0.3, -0.25) is 0 Å².